The van der Waals surface area contributed by atoms with Crippen molar-refractivity contribution in [1.82, 2.24) is 0 Å². The zero-order chi connectivity index (χ0) is 17.4. The average Bonchev–Trinajstić information content (AvgIpc) is 2.65. The topological polar surface area (TPSA) is 35.5 Å². The molecule has 0 radical (unpaired) electrons. The molecule has 0 atom stereocenters. The maximum absolute atomic E-state index is 11.5. The van der Waals surface area contributed by atoms with E-state index in [-0.39, 0.29) is 17.0 Å². The molecule has 0 N–H and O–H groups in total. The van der Waals surface area contributed by atoms with Crippen LogP contribution in [0.4, 0.5) is 0 Å². The Morgan fingerprint density at radius 1 is 1.22 bits per heavy atom. The zero-order valence-electron chi connectivity index (χ0n) is 14.8. The molecule has 1 aromatic carbocycles. The third-order valence-electron chi connectivity index (χ3n) is 4.76. The van der Waals surface area contributed by atoms with Gasteiger partial charge in [-0.1, -0.05) is 18.2 Å². The van der Waals surface area contributed by atoms with Crippen LogP contribution in [0.15, 0.2) is 23.7 Å². The number of carbonyl (C=O) groups is 1. The fraction of sp³-hybridized carbons (Fsp3) is 0.500. The van der Waals surface area contributed by atoms with E-state index < -0.39 is 7.12 Å². The van der Waals surface area contributed by atoms with Crippen LogP contribution < -0.4 is 0 Å². The van der Waals surface area contributed by atoms with Crippen LogP contribution in [0.1, 0.15) is 56.1 Å². The van der Waals surface area contributed by atoms with Crippen molar-refractivity contribution in [3.05, 3.63) is 40.4 Å². The molecule has 0 amide bonds. The van der Waals surface area contributed by atoms with Crippen LogP contribution in [-0.4, -0.2) is 29.9 Å². The molecule has 0 saturated carbocycles. The molecule has 1 aliphatic rings. The van der Waals surface area contributed by atoms with E-state index >= 15 is 0 Å². The molecule has 2 rings (SSSR count). The molecule has 1 fully saturated rings. The number of carbonyl (C=O) groups excluding carboxylic acids is 1. The Hall–Kier alpha value is -1.04. The lowest BCUT2D eigenvalue weighted by Gasteiger charge is -2.32. The molecule has 0 spiro atoms. The summed E-state index contributed by atoms with van der Waals surface area (Å²) in [5.41, 5.74) is 3.07. The van der Waals surface area contributed by atoms with Gasteiger partial charge in [0.25, 0.3) is 0 Å². The molecular formula is C18H25BO3S. The molecule has 0 aliphatic carbocycles. The molecule has 0 unspecified atom stereocenters. The highest BCUT2D eigenvalue weighted by Crippen LogP contribution is 2.39. The Kier molecular flexibility index (Phi) is 5.14. The summed E-state index contributed by atoms with van der Waals surface area (Å²) in [6.07, 6.45) is 2.05. The Bertz CT molecular complexity index is 634. The van der Waals surface area contributed by atoms with Crippen LogP contribution in [0.3, 0.4) is 0 Å². The summed E-state index contributed by atoms with van der Waals surface area (Å²) < 4.78 is 12.2. The van der Waals surface area contributed by atoms with Gasteiger partial charge in [-0.3, -0.25) is 4.79 Å². The molecule has 1 aliphatic heterocycles. The number of hydrogen-bond acceptors (Lipinski definition) is 4. The second kappa shape index (κ2) is 6.46. The fourth-order valence-corrected chi connectivity index (χ4v) is 2.68. The molecular weight excluding hydrogens is 307 g/mol. The summed E-state index contributed by atoms with van der Waals surface area (Å²) in [4.78, 5) is 11.5. The third-order valence-corrected chi connectivity index (χ3v) is 5.12. The molecule has 3 nitrogen and oxygen atoms in total. The molecule has 23 heavy (non-hydrogen) atoms. The van der Waals surface area contributed by atoms with Crippen molar-refractivity contribution in [2.45, 2.75) is 52.7 Å². The summed E-state index contributed by atoms with van der Waals surface area (Å²) in [7, 11) is -0.399. The van der Waals surface area contributed by atoms with Gasteiger partial charge in [0, 0.05) is 11.3 Å². The number of ketones is 1. The first-order valence-electron chi connectivity index (χ1n) is 7.86. The van der Waals surface area contributed by atoms with Crippen molar-refractivity contribution in [1.29, 1.82) is 0 Å². The van der Waals surface area contributed by atoms with E-state index in [4.69, 9.17) is 9.31 Å². The van der Waals surface area contributed by atoms with E-state index in [0.29, 0.717) is 5.75 Å². The van der Waals surface area contributed by atoms with E-state index in [1.54, 1.807) is 6.92 Å². The Morgan fingerprint density at radius 3 is 2.22 bits per heavy atom. The van der Waals surface area contributed by atoms with Gasteiger partial charge in [-0.25, -0.2) is 0 Å². The fourth-order valence-electron chi connectivity index (χ4n) is 2.44. The minimum Gasteiger partial charge on any atom is -0.400 e. The first kappa shape index (κ1) is 18.3. The highest BCUT2D eigenvalue weighted by molar-refractivity contribution is 7.80. The minimum absolute atomic E-state index is 0.0732. The van der Waals surface area contributed by atoms with Crippen molar-refractivity contribution in [3.8, 4) is 0 Å². The predicted molar refractivity (Wildman–Crippen MR) is 99.1 cm³/mol. The lowest BCUT2D eigenvalue weighted by atomic mass is 9.78. The summed E-state index contributed by atoms with van der Waals surface area (Å²) in [6.45, 7) is 11.7. The van der Waals surface area contributed by atoms with E-state index in [1.165, 1.54) is 0 Å². The molecule has 1 heterocycles. The quantitative estimate of drug-likeness (QED) is 0.511. The monoisotopic (exact) mass is 332 g/mol. The smallest absolute Gasteiger partial charge is 0.400 e. The van der Waals surface area contributed by atoms with Crippen LogP contribution >= 0.6 is 12.6 Å². The zero-order valence-corrected chi connectivity index (χ0v) is 15.7. The second-order valence-electron chi connectivity index (χ2n) is 7.09. The van der Waals surface area contributed by atoms with Gasteiger partial charge in [0.2, 0.25) is 0 Å². The molecule has 1 aromatic rings. The molecule has 0 bridgehead atoms. The molecule has 0 aromatic heterocycles. The Labute approximate surface area is 145 Å². The number of Topliss-reactive ketones (excluding diaryl/α,β-unsaturated/α-hetero) is 1. The van der Waals surface area contributed by atoms with Crippen molar-refractivity contribution in [2.24, 2.45) is 0 Å². The van der Waals surface area contributed by atoms with Crippen LogP contribution in [-0.2, 0) is 9.31 Å². The van der Waals surface area contributed by atoms with Gasteiger partial charge in [-0.15, -0.1) is 0 Å². The number of aryl methyl sites for hydroxylation is 1. The van der Waals surface area contributed by atoms with Crippen LogP contribution in [0, 0.1) is 6.92 Å². The van der Waals surface area contributed by atoms with Crippen molar-refractivity contribution < 1.29 is 14.1 Å². The maximum Gasteiger partial charge on any atom is 0.491 e. The number of benzene rings is 1. The largest absolute Gasteiger partial charge is 0.491 e. The van der Waals surface area contributed by atoms with Gasteiger partial charge in [0.1, 0.15) is 0 Å². The van der Waals surface area contributed by atoms with E-state index in [9.17, 15) is 4.79 Å². The van der Waals surface area contributed by atoms with Gasteiger partial charge in [0.05, 0.1) is 11.2 Å². The standard InChI is InChI=1S/C18H25BO3S/c1-12-9-15(13(2)20)8-7-14(12)10-16(11-23)19-21-17(3,4)18(5,6)22-19/h7-10,23H,11H2,1-6H3. The molecule has 1 saturated heterocycles. The Morgan fingerprint density at radius 2 is 1.78 bits per heavy atom. The molecule has 5 heteroatoms. The maximum atomic E-state index is 11.5. The summed E-state index contributed by atoms with van der Waals surface area (Å²) in [5, 5.41) is 0. The average molecular weight is 332 g/mol. The van der Waals surface area contributed by atoms with Crippen LogP contribution in [0.25, 0.3) is 6.08 Å². The second-order valence-corrected chi connectivity index (χ2v) is 7.41. The predicted octanol–water partition coefficient (Wildman–Crippen LogP) is 4.14. The van der Waals surface area contributed by atoms with Gasteiger partial charge in [0.15, 0.2) is 5.78 Å². The van der Waals surface area contributed by atoms with Crippen molar-refractivity contribution in [2.75, 3.05) is 5.75 Å². The van der Waals surface area contributed by atoms with E-state index in [1.807, 2.05) is 58.9 Å². The normalized spacial score (nSPS) is 20.0. The van der Waals surface area contributed by atoms with Crippen LogP contribution in [0.2, 0.25) is 0 Å². The van der Waals surface area contributed by atoms with Crippen molar-refractivity contribution >= 4 is 31.6 Å². The SMILES string of the molecule is CC(=O)c1ccc(C=C(CS)B2OC(C)(C)C(C)(C)O2)c(C)c1. The van der Waals surface area contributed by atoms with E-state index in [2.05, 4.69) is 12.6 Å². The number of thiol groups is 1. The third kappa shape index (κ3) is 3.73. The summed E-state index contributed by atoms with van der Waals surface area (Å²) >= 11 is 4.44. The Balaban J connectivity index is 2.32. The highest BCUT2D eigenvalue weighted by atomic mass is 32.1. The number of hydrogen-bond donors (Lipinski definition) is 1. The summed E-state index contributed by atoms with van der Waals surface area (Å²) in [6, 6.07) is 5.72. The van der Waals surface area contributed by atoms with Gasteiger partial charge >= 0.3 is 7.12 Å². The number of rotatable bonds is 4. The lowest BCUT2D eigenvalue weighted by Crippen LogP contribution is -2.41. The van der Waals surface area contributed by atoms with Crippen LogP contribution in [0.5, 0.6) is 0 Å². The van der Waals surface area contributed by atoms with Gasteiger partial charge in [-0.2, -0.15) is 12.6 Å². The first-order chi connectivity index (χ1) is 10.6. The molecule has 124 valence electrons. The van der Waals surface area contributed by atoms with E-state index in [0.717, 1.165) is 22.2 Å². The minimum atomic E-state index is -0.399. The van der Waals surface area contributed by atoms with Gasteiger partial charge < -0.3 is 9.31 Å². The lowest BCUT2D eigenvalue weighted by molar-refractivity contribution is 0.00578. The first-order valence-corrected chi connectivity index (χ1v) is 8.49. The highest BCUT2D eigenvalue weighted by Gasteiger charge is 2.52. The summed E-state index contributed by atoms with van der Waals surface area (Å²) in [5.74, 6) is 0.620. The van der Waals surface area contributed by atoms with Crippen molar-refractivity contribution in [3.63, 3.8) is 0 Å². The van der Waals surface area contributed by atoms with Gasteiger partial charge in [-0.05, 0) is 64.2 Å².